The fraction of sp³-hybridized carbons (Fsp3) is 0.500. The number of nitrogens with zero attached hydrogens (tertiary/aromatic N) is 2. The van der Waals surface area contributed by atoms with Gasteiger partial charge >= 0.3 is 0 Å². The summed E-state index contributed by atoms with van der Waals surface area (Å²) in [6, 6.07) is 3.97. The van der Waals surface area contributed by atoms with Gasteiger partial charge in [0.1, 0.15) is 19.0 Å². The van der Waals surface area contributed by atoms with Gasteiger partial charge in [0.25, 0.3) is 0 Å². The summed E-state index contributed by atoms with van der Waals surface area (Å²) in [4.78, 5) is 4.71. The third kappa shape index (κ3) is 2.04. The third-order valence-corrected chi connectivity index (χ3v) is 3.31. The summed E-state index contributed by atoms with van der Waals surface area (Å²) >= 11 is 0. The second-order valence-electron chi connectivity index (χ2n) is 5.05. The lowest BCUT2D eigenvalue weighted by molar-refractivity contribution is 0.172. The molecular weight excluding hydrogens is 242 g/mol. The molecule has 0 unspecified atom stereocenters. The van der Waals surface area contributed by atoms with E-state index in [2.05, 4.69) is 18.4 Å². The highest BCUT2D eigenvalue weighted by atomic mass is 16.6. The number of imidazole rings is 1. The van der Waals surface area contributed by atoms with Gasteiger partial charge < -0.3 is 19.8 Å². The molecule has 0 atom stereocenters. The normalized spacial score (nSPS) is 14.3. The molecular formula is C14H19N3O2. The number of benzene rings is 1. The van der Waals surface area contributed by atoms with E-state index in [-0.39, 0.29) is 0 Å². The average molecular weight is 261 g/mol. The SMILES string of the molecule is CC(C)c1nc2cc3c(cc2n1CCN)OCCO3. The number of fused-ring (bicyclic) bond motifs is 2. The van der Waals surface area contributed by atoms with Gasteiger partial charge in [-0.25, -0.2) is 4.98 Å². The minimum Gasteiger partial charge on any atom is -0.486 e. The van der Waals surface area contributed by atoms with Crippen LogP contribution in [0.25, 0.3) is 11.0 Å². The molecule has 2 N–H and O–H groups in total. The van der Waals surface area contributed by atoms with E-state index in [9.17, 15) is 0 Å². The molecule has 0 amide bonds. The van der Waals surface area contributed by atoms with Crippen LogP contribution in [0.15, 0.2) is 12.1 Å². The highest BCUT2D eigenvalue weighted by molar-refractivity contribution is 5.81. The Balaban J connectivity index is 2.20. The molecule has 0 spiro atoms. The van der Waals surface area contributed by atoms with Crippen LogP contribution in [0.2, 0.25) is 0 Å². The zero-order valence-corrected chi connectivity index (χ0v) is 11.3. The maximum absolute atomic E-state index is 5.71. The topological polar surface area (TPSA) is 62.3 Å². The van der Waals surface area contributed by atoms with Gasteiger partial charge in [0.2, 0.25) is 0 Å². The van der Waals surface area contributed by atoms with Crippen molar-refractivity contribution in [3.8, 4) is 11.5 Å². The van der Waals surface area contributed by atoms with Crippen LogP contribution in [-0.2, 0) is 6.54 Å². The summed E-state index contributed by atoms with van der Waals surface area (Å²) in [6.45, 7) is 6.84. The Morgan fingerprint density at radius 1 is 1.26 bits per heavy atom. The van der Waals surface area contributed by atoms with Crippen LogP contribution in [0, 0.1) is 0 Å². The Morgan fingerprint density at radius 2 is 1.95 bits per heavy atom. The van der Waals surface area contributed by atoms with Gasteiger partial charge in [0.05, 0.1) is 11.0 Å². The maximum atomic E-state index is 5.71. The minimum absolute atomic E-state index is 0.359. The van der Waals surface area contributed by atoms with Crippen LogP contribution < -0.4 is 15.2 Å². The lowest BCUT2D eigenvalue weighted by Crippen LogP contribution is -2.16. The van der Waals surface area contributed by atoms with E-state index in [1.54, 1.807) is 0 Å². The fourth-order valence-electron chi connectivity index (χ4n) is 2.49. The van der Waals surface area contributed by atoms with Crippen LogP contribution >= 0.6 is 0 Å². The van der Waals surface area contributed by atoms with Crippen molar-refractivity contribution >= 4 is 11.0 Å². The number of aromatic nitrogens is 2. The summed E-state index contributed by atoms with van der Waals surface area (Å²) in [5.41, 5.74) is 7.73. The number of rotatable bonds is 3. The Hall–Kier alpha value is -1.75. The first-order valence-electron chi connectivity index (χ1n) is 6.70. The largest absolute Gasteiger partial charge is 0.486 e. The van der Waals surface area contributed by atoms with Crippen LogP contribution in [0.3, 0.4) is 0 Å². The number of hydrogen-bond donors (Lipinski definition) is 1. The molecule has 0 saturated carbocycles. The monoisotopic (exact) mass is 261 g/mol. The number of nitrogens with two attached hydrogens (primary N) is 1. The van der Waals surface area contributed by atoms with Gasteiger partial charge in [-0.05, 0) is 0 Å². The second-order valence-corrected chi connectivity index (χ2v) is 5.05. The van der Waals surface area contributed by atoms with Crippen molar-refractivity contribution < 1.29 is 9.47 Å². The molecule has 1 aromatic carbocycles. The quantitative estimate of drug-likeness (QED) is 0.916. The first-order valence-corrected chi connectivity index (χ1v) is 6.70. The smallest absolute Gasteiger partial charge is 0.163 e. The molecule has 0 bridgehead atoms. The molecule has 1 aliphatic rings. The Morgan fingerprint density at radius 3 is 2.58 bits per heavy atom. The van der Waals surface area contributed by atoms with Gasteiger partial charge in [0.15, 0.2) is 11.5 Å². The molecule has 2 heterocycles. The molecule has 102 valence electrons. The summed E-state index contributed by atoms with van der Waals surface area (Å²) in [5.74, 6) is 3.00. The number of ether oxygens (including phenoxy) is 2. The molecule has 0 fully saturated rings. The lowest BCUT2D eigenvalue weighted by Gasteiger charge is -2.18. The highest BCUT2D eigenvalue weighted by Gasteiger charge is 2.18. The molecule has 0 radical (unpaired) electrons. The molecule has 3 rings (SSSR count). The van der Waals surface area contributed by atoms with Crippen molar-refractivity contribution in [1.29, 1.82) is 0 Å². The maximum Gasteiger partial charge on any atom is 0.163 e. The van der Waals surface area contributed by atoms with Crippen molar-refractivity contribution in [3.05, 3.63) is 18.0 Å². The van der Waals surface area contributed by atoms with E-state index < -0.39 is 0 Å². The Bertz CT molecular complexity index is 604. The van der Waals surface area contributed by atoms with E-state index in [1.807, 2.05) is 12.1 Å². The van der Waals surface area contributed by atoms with Gasteiger partial charge in [0, 0.05) is 31.1 Å². The van der Waals surface area contributed by atoms with Crippen LogP contribution in [0.5, 0.6) is 11.5 Å². The lowest BCUT2D eigenvalue weighted by atomic mass is 10.2. The fourth-order valence-corrected chi connectivity index (χ4v) is 2.49. The zero-order valence-electron chi connectivity index (χ0n) is 11.3. The summed E-state index contributed by atoms with van der Waals surface area (Å²) in [6.07, 6.45) is 0. The predicted molar refractivity (Wildman–Crippen MR) is 73.9 cm³/mol. The van der Waals surface area contributed by atoms with Gasteiger partial charge in [-0.3, -0.25) is 0 Å². The second kappa shape index (κ2) is 4.74. The van der Waals surface area contributed by atoms with Crippen LogP contribution in [-0.4, -0.2) is 29.3 Å². The van der Waals surface area contributed by atoms with E-state index in [1.165, 1.54) is 0 Å². The summed E-state index contributed by atoms with van der Waals surface area (Å²) in [7, 11) is 0. The molecule has 5 nitrogen and oxygen atoms in total. The third-order valence-electron chi connectivity index (χ3n) is 3.31. The van der Waals surface area contributed by atoms with Crippen molar-refractivity contribution in [2.75, 3.05) is 19.8 Å². The average Bonchev–Trinajstić information content (AvgIpc) is 2.75. The van der Waals surface area contributed by atoms with Crippen molar-refractivity contribution in [2.24, 2.45) is 5.73 Å². The van der Waals surface area contributed by atoms with E-state index >= 15 is 0 Å². The summed E-state index contributed by atoms with van der Waals surface area (Å²) < 4.78 is 13.4. The van der Waals surface area contributed by atoms with E-state index in [0.29, 0.717) is 25.7 Å². The molecule has 2 aromatic rings. The first kappa shape index (κ1) is 12.3. The van der Waals surface area contributed by atoms with Crippen molar-refractivity contribution in [3.63, 3.8) is 0 Å². The first-order chi connectivity index (χ1) is 9.20. The van der Waals surface area contributed by atoms with Crippen LogP contribution in [0.1, 0.15) is 25.6 Å². The van der Waals surface area contributed by atoms with E-state index in [0.717, 1.165) is 34.9 Å². The summed E-state index contributed by atoms with van der Waals surface area (Å²) in [5, 5.41) is 0. The molecule has 0 aliphatic carbocycles. The molecule has 5 heteroatoms. The molecule has 1 aliphatic heterocycles. The van der Waals surface area contributed by atoms with E-state index in [4.69, 9.17) is 20.2 Å². The van der Waals surface area contributed by atoms with Gasteiger partial charge in [-0.15, -0.1) is 0 Å². The highest BCUT2D eigenvalue weighted by Crippen LogP contribution is 2.35. The van der Waals surface area contributed by atoms with Gasteiger partial charge in [-0.2, -0.15) is 0 Å². The van der Waals surface area contributed by atoms with Crippen molar-refractivity contribution in [1.82, 2.24) is 9.55 Å². The standard InChI is InChI=1S/C14H19N3O2/c1-9(2)14-16-10-7-12-13(19-6-5-18-12)8-11(10)17(14)4-3-15/h7-9H,3-6,15H2,1-2H3. The predicted octanol–water partition coefficient (Wildman–Crippen LogP) is 1.89. The Kier molecular flexibility index (Phi) is 3.06. The Labute approximate surface area is 112 Å². The van der Waals surface area contributed by atoms with Gasteiger partial charge in [-0.1, -0.05) is 13.8 Å². The zero-order chi connectivity index (χ0) is 13.4. The number of hydrogen-bond acceptors (Lipinski definition) is 4. The van der Waals surface area contributed by atoms with Crippen molar-refractivity contribution in [2.45, 2.75) is 26.3 Å². The van der Waals surface area contributed by atoms with Crippen LogP contribution in [0.4, 0.5) is 0 Å². The minimum atomic E-state index is 0.359. The molecule has 19 heavy (non-hydrogen) atoms. The molecule has 1 aromatic heterocycles. The molecule has 0 saturated heterocycles.